The number of benzene rings is 2. The second kappa shape index (κ2) is 86.7. The summed E-state index contributed by atoms with van der Waals surface area (Å²) < 4.78 is 167. The number of esters is 4. The van der Waals surface area contributed by atoms with Crippen molar-refractivity contribution in [3.8, 4) is 11.5 Å². The van der Waals surface area contributed by atoms with Crippen LogP contribution >= 0.6 is 0 Å². The smallest absolute Gasteiger partial charge is 0.490 e. The van der Waals surface area contributed by atoms with Gasteiger partial charge in [-0.05, 0) is 115 Å². The average Bonchev–Trinajstić information content (AvgIpc) is 0.849. The quantitative estimate of drug-likeness (QED) is 0.00914. The van der Waals surface area contributed by atoms with Gasteiger partial charge in [-0.15, -0.1) is 6.58 Å². The summed E-state index contributed by atoms with van der Waals surface area (Å²) in [6.45, 7) is 23.8. The molecule has 2 aromatic carbocycles. The van der Waals surface area contributed by atoms with Gasteiger partial charge >= 0.3 is 95.3 Å². The highest BCUT2D eigenvalue weighted by molar-refractivity contribution is 6.62. The van der Waals surface area contributed by atoms with E-state index in [1.807, 2.05) is 20.8 Å². The monoisotopic (exact) mass is 1940 g/mol. The molecule has 0 aliphatic carbocycles. The molecule has 41 nitrogen and oxygen atoms in total. The number of nitrogens with one attached hydrogen (secondary N) is 2. The second-order valence-corrected chi connectivity index (χ2v) is 44.6. The molecule has 0 saturated heterocycles. The van der Waals surface area contributed by atoms with E-state index in [1.165, 1.54) is 33.8 Å². The Morgan fingerprint density at radius 2 is 0.624 bits per heavy atom. The number of rotatable bonds is 59. The summed E-state index contributed by atoms with van der Waals surface area (Å²) in [7, 11) is 15.3. The average molecular weight is 1940 g/mol. The predicted molar refractivity (Wildman–Crippen MR) is 476 cm³/mol. The van der Waals surface area contributed by atoms with Crippen molar-refractivity contribution in [1.82, 2.24) is 10.6 Å². The van der Waals surface area contributed by atoms with Crippen LogP contribution in [0.3, 0.4) is 0 Å². The van der Waals surface area contributed by atoms with Crippen LogP contribution in [-0.2, 0) is 145 Å². The summed E-state index contributed by atoms with van der Waals surface area (Å²) in [6, 6.07) is 17.5. The number of Topliss-reactive ketones (excluding diaryl/α,β-unsaturated/α-hetero) is 2. The molecular weight excluding hydrogens is 1790 g/mol. The molecule has 0 aromatic heterocycles. The van der Waals surface area contributed by atoms with E-state index in [4.69, 9.17) is 132 Å². The highest BCUT2D eigenvalue weighted by atomic mass is 28.4. The summed E-state index contributed by atoms with van der Waals surface area (Å²) in [6.07, 6.45) is 6.02. The number of ether oxygens (including phenoxy) is 8. The van der Waals surface area contributed by atoms with Gasteiger partial charge in [0.05, 0.1) is 32.5 Å². The SMILES string of the molecule is C=CC(=O)OCCOc1ccc(C(=O)C(C)(C)O)cc1.C=CCC(=O)OCCOC.CC[Si](OC)(OC)OC.CC[Si](OC)(OC)OC.CC[Si](OC)(OC)OC.COCCOC(=O)CCNCCC[Si](OC)(OC)OC.CO[Si](CCCN)(OC)OC.CO[Si](CCCNCCC(=O)OCCOc1ccc(C(=O)C(C)(C)O)cc1)(OC)OC.O=[Si]=O.O=[Si]=O. The molecule has 0 spiro atoms. The Bertz CT molecular complexity index is 2890. The fourth-order valence-electron chi connectivity index (χ4n) is 9.11. The van der Waals surface area contributed by atoms with Crippen molar-refractivity contribution in [2.24, 2.45) is 5.73 Å². The molecule has 0 amide bonds. The van der Waals surface area contributed by atoms with Gasteiger partial charge in [0, 0.05) is 209 Å². The molecule has 0 fully saturated rings. The zero-order valence-corrected chi connectivity index (χ0v) is 87.0. The minimum Gasteiger partial charge on any atom is -0.490 e. The summed E-state index contributed by atoms with van der Waals surface area (Å²) in [4.78, 5) is 68.2. The molecule has 0 aliphatic heterocycles. The van der Waals surface area contributed by atoms with Gasteiger partial charge in [0.2, 0.25) is 0 Å². The Morgan fingerprint density at radius 1 is 0.376 bits per heavy atom. The van der Waals surface area contributed by atoms with E-state index < -0.39 is 88.6 Å². The van der Waals surface area contributed by atoms with E-state index in [9.17, 15) is 39.0 Å². The zero-order valence-electron chi connectivity index (χ0n) is 79.0. The lowest BCUT2D eigenvalue weighted by molar-refractivity contribution is -0.145. The Balaban J connectivity index is -0.000000216. The number of hydrogen-bond donors (Lipinski definition) is 5. The van der Waals surface area contributed by atoms with Crippen molar-refractivity contribution in [2.75, 3.05) is 228 Å². The summed E-state index contributed by atoms with van der Waals surface area (Å²) >= 11 is 0. The van der Waals surface area contributed by atoms with Gasteiger partial charge in [0.25, 0.3) is 0 Å². The van der Waals surface area contributed by atoms with E-state index in [-0.39, 0.29) is 68.7 Å². The van der Waals surface area contributed by atoms with Crippen molar-refractivity contribution in [2.45, 2.75) is 134 Å². The van der Waals surface area contributed by atoms with Gasteiger partial charge in [-0.25, -0.2) is 4.79 Å². The van der Waals surface area contributed by atoms with Crippen LogP contribution in [0.2, 0.25) is 36.3 Å². The molecule has 0 unspecified atom stereocenters. The molecule has 2 aromatic rings. The van der Waals surface area contributed by atoms with Crippen LogP contribution in [0.4, 0.5) is 0 Å². The maximum absolute atomic E-state index is 12.0. The first-order valence-corrected chi connectivity index (χ1v) is 52.4. The van der Waals surface area contributed by atoms with Crippen molar-refractivity contribution in [3.05, 3.63) is 85.0 Å². The van der Waals surface area contributed by atoms with Gasteiger partial charge in [-0.2, -0.15) is 0 Å². The van der Waals surface area contributed by atoms with E-state index in [1.54, 1.807) is 191 Å². The van der Waals surface area contributed by atoms with Crippen molar-refractivity contribution in [3.63, 3.8) is 0 Å². The molecule has 0 atom stereocenters. The molecule has 49 heteroatoms. The van der Waals surface area contributed by atoms with Crippen LogP contribution in [0, 0.1) is 0 Å². The van der Waals surface area contributed by atoms with E-state index in [0.717, 1.165) is 62.1 Å². The Hall–Kier alpha value is -5.32. The molecule has 0 heterocycles. The van der Waals surface area contributed by atoms with Crippen molar-refractivity contribution >= 4 is 107 Å². The van der Waals surface area contributed by atoms with Crippen LogP contribution in [0.1, 0.15) is 108 Å². The number of carbonyl (C=O) groups excluding carboxylic acids is 6. The van der Waals surface area contributed by atoms with Crippen molar-refractivity contribution in [1.29, 1.82) is 0 Å². The zero-order chi connectivity index (χ0) is 97.7. The number of carbonyl (C=O) groups is 6. The lowest BCUT2D eigenvalue weighted by Crippen LogP contribution is -2.43. The maximum atomic E-state index is 12.0. The Kier molecular flexibility index (Phi) is 93.7. The van der Waals surface area contributed by atoms with Crippen LogP contribution in [0.5, 0.6) is 11.5 Å². The highest BCUT2D eigenvalue weighted by Gasteiger charge is 2.40. The normalized spacial score (nSPS) is 11.0. The Morgan fingerprint density at radius 3 is 0.840 bits per heavy atom. The third kappa shape index (κ3) is 70.2. The minimum atomic E-state index is -2.54. The largest absolute Gasteiger partial charge is 0.549 e. The predicted octanol–water partition coefficient (Wildman–Crippen LogP) is 6.36. The number of nitrogens with two attached hydrogens (primary N) is 1. The first-order valence-electron chi connectivity index (χ1n) is 39.1. The van der Waals surface area contributed by atoms with Gasteiger partial charge in [0.15, 0.2) is 11.6 Å². The van der Waals surface area contributed by atoms with Crippen LogP contribution in [0.15, 0.2) is 73.8 Å². The molecule has 6 N–H and O–H groups in total. The fraction of sp³-hybridized carbons (Fsp3) is 0.711. The summed E-state index contributed by atoms with van der Waals surface area (Å²) in [5, 5.41) is 25.7. The van der Waals surface area contributed by atoms with E-state index in [2.05, 4.69) is 33.3 Å². The molecule has 125 heavy (non-hydrogen) atoms. The van der Waals surface area contributed by atoms with Crippen LogP contribution < -0.4 is 25.8 Å². The lowest BCUT2D eigenvalue weighted by Gasteiger charge is -2.24. The lowest BCUT2D eigenvalue weighted by atomic mass is 9.97. The number of hydrogen-bond acceptors (Lipinski definition) is 41. The van der Waals surface area contributed by atoms with Gasteiger partial charge < -0.3 is 144 Å². The third-order valence-electron chi connectivity index (χ3n) is 16.4. The van der Waals surface area contributed by atoms with Crippen molar-refractivity contribution < 1.29 is 174 Å². The molecule has 0 radical (unpaired) electrons. The highest BCUT2D eigenvalue weighted by Crippen LogP contribution is 2.21. The first-order chi connectivity index (χ1) is 59.3. The second-order valence-electron chi connectivity index (χ2n) is 25.1. The van der Waals surface area contributed by atoms with Crippen LogP contribution in [0.25, 0.3) is 0 Å². The molecule has 0 bridgehead atoms. The summed E-state index contributed by atoms with van der Waals surface area (Å²) in [5.41, 5.74) is 3.34. The third-order valence-corrected chi connectivity index (χ3v) is 33.1. The Labute approximate surface area is 752 Å². The van der Waals surface area contributed by atoms with Gasteiger partial charge in [-0.1, -0.05) is 33.4 Å². The molecule has 0 aliphatic rings. The number of ketones is 2. The number of aliphatic hydroxyl groups is 2. The van der Waals surface area contributed by atoms with Gasteiger partial charge in [0.1, 0.15) is 62.3 Å². The number of methoxy groups -OCH3 is 2. The van der Waals surface area contributed by atoms with Crippen LogP contribution in [-0.4, -0.2) is 356 Å². The fourth-order valence-corrected chi connectivity index (χ4v) is 18.4. The maximum Gasteiger partial charge on any atom is 0.549 e. The molecule has 730 valence electrons. The molecule has 2 rings (SSSR count). The van der Waals surface area contributed by atoms with Gasteiger partial charge in [-0.3, -0.25) is 41.8 Å². The summed E-state index contributed by atoms with van der Waals surface area (Å²) in [5.74, 6) is -0.907. The molecular formula is C76H151N3O38Si8. The minimum absolute atomic E-state index is 0.120. The van der Waals surface area contributed by atoms with E-state index in [0.29, 0.717) is 87.7 Å². The molecule has 0 saturated carbocycles. The standard InChI is InChI=1S/C21H35NO8Si.C15H18O5.C12H27NO6Si.C7H12O3.C6H17NO3Si.3C5H14O3Si.2O2Si/c1-21(2,25)20(24)17-7-9-18(10-8-17)29-14-15-30-19(23)11-13-22-12-6-16-31(26-3,27-4)28-5;1-4-13(16)20-10-9-19-12-7-5-11(6-8-12)14(17)15(2,3)18;1-15-9-10-19-12(14)6-8-13-7-5-11-20(16-2,17-3)18-4;1-3-4-7(8)10-6-5-9-2;1-8-11(9-2,10-3)6-4-5-7;3*1-5-9(6-2,7-3)8-4;2*1-3-2/h7-10,22,25H,6,11-16H2,1-5H3;4-8,18H,1,9-10H2,2-3H3;13H,5-11H2,1-4H3;3H,1,4-6H2,2H3;4-7H2,1-3H3;3*5H2,1-4H3;;. The first kappa shape index (κ1) is 135. The van der Waals surface area contributed by atoms with E-state index >= 15 is 0 Å². The topological polar surface area (TPSA) is 501 Å².